The van der Waals surface area contributed by atoms with E-state index in [1.54, 1.807) is 5.01 Å². The van der Waals surface area contributed by atoms with E-state index in [4.69, 9.17) is 10.5 Å². The van der Waals surface area contributed by atoms with E-state index in [2.05, 4.69) is 5.10 Å². The zero-order chi connectivity index (χ0) is 5.72. The van der Waals surface area contributed by atoms with Crippen LogP contribution >= 0.6 is 0 Å². The van der Waals surface area contributed by atoms with E-state index < -0.39 is 0 Å². The molecule has 0 aliphatic carbocycles. The van der Waals surface area contributed by atoms with Crippen molar-refractivity contribution in [3.63, 3.8) is 0 Å². The van der Waals surface area contributed by atoms with E-state index >= 15 is 0 Å². The molecule has 2 aliphatic rings. The van der Waals surface area contributed by atoms with Gasteiger partial charge in [0.15, 0.2) is 6.17 Å². The summed E-state index contributed by atoms with van der Waals surface area (Å²) in [6, 6.07) is 0. The third-order valence-electron chi connectivity index (χ3n) is 1.32. The van der Waals surface area contributed by atoms with Crippen LogP contribution in [0.2, 0.25) is 0 Å². The van der Waals surface area contributed by atoms with E-state index in [0.717, 1.165) is 5.90 Å². The molecule has 0 radical (unpaired) electrons. The molecule has 1 saturated heterocycles. The Hall–Kier alpha value is -0.770. The van der Waals surface area contributed by atoms with Gasteiger partial charge in [-0.2, -0.15) is 0 Å². The standard InChI is InChI=1S/C4H7N3O/c1-2-6-7-3(5)4(7)8-2/h3-4H,5H2,1H3. The number of rotatable bonds is 0. The van der Waals surface area contributed by atoms with Crippen molar-refractivity contribution in [2.24, 2.45) is 10.8 Å². The normalized spacial score (nSPS) is 40.8. The molecule has 0 aromatic rings. The molecular formula is C4H7N3O. The Kier molecular flexibility index (Phi) is 0.504. The highest BCUT2D eigenvalue weighted by Crippen LogP contribution is 2.30. The van der Waals surface area contributed by atoms with Gasteiger partial charge in [-0.15, -0.1) is 5.10 Å². The third kappa shape index (κ3) is 0.315. The molecule has 0 saturated carbocycles. The van der Waals surface area contributed by atoms with Gasteiger partial charge in [-0.25, -0.2) is 5.01 Å². The van der Waals surface area contributed by atoms with E-state index in [1.807, 2.05) is 6.92 Å². The lowest BCUT2D eigenvalue weighted by atomic mass is 10.7. The molecule has 44 valence electrons. The number of hydrogen-bond acceptors (Lipinski definition) is 4. The van der Waals surface area contributed by atoms with Crippen LogP contribution in [0.5, 0.6) is 0 Å². The fourth-order valence-corrected chi connectivity index (χ4v) is 0.824. The Morgan fingerprint density at radius 1 is 1.88 bits per heavy atom. The van der Waals surface area contributed by atoms with E-state index in [1.165, 1.54) is 0 Å². The summed E-state index contributed by atoms with van der Waals surface area (Å²) >= 11 is 0. The topological polar surface area (TPSA) is 50.6 Å². The summed E-state index contributed by atoms with van der Waals surface area (Å²) in [4.78, 5) is 0. The van der Waals surface area contributed by atoms with E-state index in [0.29, 0.717) is 0 Å². The highest BCUT2D eigenvalue weighted by molar-refractivity contribution is 5.75. The van der Waals surface area contributed by atoms with Gasteiger partial charge in [0.2, 0.25) is 12.1 Å². The van der Waals surface area contributed by atoms with E-state index in [-0.39, 0.29) is 12.4 Å². The summed E-state index contributed by atoms with van der Waals surface area (Å²) in [5, 5.41) is 5.68. The van der Waals surface area contributed by atoms with Gasteiger partial charge >= 0.3 is 0 Å². The highest BCUT2D eigenvalue weighted by Gasteiger charge is 2.51. The molecule has 2 N–H and O–H groups in total. The number of ether oxygens (including phenoxy) is 1. The van der Waals surface area contributed by atoms with Crippen LogP contribution in [0.25, 0.3) is 0 Å². The van der Waals surface area contributed by atoms with Crippen LogP contribution in [0.4, 0.5) is 0 Å². The predicted molar refractivity (Wildman–Crippen MR) is 27.8 cm³/mol. The summed E-state index contributed by atoms with van der Waals surface area (Å²) in [5.41, 5.74) is 5.43. The van der Waals surface area contributed by atoms with Gasteiger partial charge in [0.05, 0.1) is 0 Å². The number of nitrogens with two attached hydrogens (primary N) is 1. The molecule has 8 heavy (non-hydrogen) atoms. The first-order valence-corrected chi connectivity index (χ1v) is 2.55. The number of nitrogens with zero attached hydrogens (tertiary/aromatic N) is 2. The van der Waals surface area contributed by atoms with Crippen molar-refractivity contribution in [2.75, 3.05) is 0 Å². The first kappa shape index (κ1) is 4.14. The minimum atomic E-state index is 0.0266. The second kappa shape index (κ2) is 0.974. The lowest BCUT2D eigenvalue weighted by Gasteiger charge is -1.92. The molecule has 0 amide bonds. The van der Waals surface area contributed by atoms with Gasteiger partial charge in [0, 0.05) is 6.92 Å². The summed E-state index contributed by atoms with van der Waals surface area (Å²) in [6.45, 7) is 1.82. The second-order valence-electron chi connectivity index (χ2n) is 2.00. The molecule has 4 heteroatoms. The molecule has 0 spiro atoms. The van der Waals surface area contributed by atoms with Crippen molar-refractivity contribution in [3.8, 4) is 0 Å². The number of fused-ring (bicyclic) bond motifs is 1. The van der Waals surface area contributed by atoms with Gasteiger partial charge in [-0.1, -0.05) is 0 Å². The van der Waals surface area contributed by atoms with Crippen LogP contribution in [-0.4, -0.2) is 23.3 Å². The van der Waals surface area contributed by atoms with Gasteiger partial charge in [0.25, 0.3) is 0 Å². The number of hydrazone groups is 1. The molecule has 1 fully saturated rings. The lowest BCUT2D eigenvalue weighted by molar-refractivity contribution is 0.265. The molecule has 2 aliphatic heterocycles. The zero-order valence-electron chi connectivity index (χ0n) is 4.53. The maximum Gasteiger partial charge on any atom is 0.225 e. The molecule has 0 aromatic heterocycles. The van der Waals surface area contributed by atoms with Crippen molar-refractivity contribution in [1.29, 1.82) is 0 Å². The third-order valence-corrected chi connectivity index (χ3v) is 1.32. The van der Waals surface area contributed by atoms with Crippen LogP contribution < -0.4 is 5.73 Å². The van der Waals surface area contributed by atoms with Crippen LogP contribution in [0, 0.1) is 0 Å². The summed E-state index contributed by atoms with van der Waals surface area (Å²) < 4.78 is 5.10. The fraction of sp³-hybridized carbons (Fsp3) is 0.750. The van der Waals surface area contributed by atoms with Gasteiger partial charge in [0.1, 0.15) is 0 Å². The summed E-state index contributed by atoms with van der Waals surface area (Å²) in [6.07, 6.45) is 0.0914. The van der Waals surface area contributed by atoms with Crippen LogP contribution in [0.3, 0.4) is 0 Å². The fourth-order valence-electron chi connectivity index (χ4n) is 0.824. The molecule has 0 aromatic carbocycles. The SMILES string of the molecule is CC1=NN2C(N)C2O1. The Bertz CT molecular complexity index is 155. The first-order chi connectivity index (χ1) is 3.79. The first-order valence-electron chi connectivity index (χ1n) is 2.55. The second-order valence-corrected chi connectivity index (χ2v) is 2.00. The van der Waals surface area contributed by atoms with Crippen molar-refractivity contribution < 1.29 is 4.74 Å². The lowest BCUT2D eigenvalue weighted by Crippen LogP contribution is -2.13. The van der Waals surface area contributed by atoms with Crippen molar-refractivity contribution in [2.45, 2.75) is 19.3 Å². The van der Waals surface area contributed by atoms with Gasteiger partial charge < -0.3 is 10.5 Å². The predicted octanol–water partition coefficient (Wildman–Crippen LogP) is -0.724. The van der Waals surface area contributed by atoms with Crippen LogP contribution in [0.1, 0.15) is 6.92 Å². The van der Waals surface area contributed by atoms with Crippen LogP contribution in [-0.2, 0) is 4.74 Å². The minimum Gasteiger partial charge on any atom is -0.451 e. The van der Waals surface area contributed by atoms with Gasteiger partial charge in [-0.05, 0) is 0 Å². The summed E-state index contributed by atoms with van der Waals surface area (Å²) in [5.74, 6) is 0.719. The monoisotopic (exact) mass is 113 g/mol. The van der Waals surface area contributed by atoms with Gasteiger partial charge in [-0.3, -0.25) is 0 Å². The molecular weight excluding hydrogens is 106 g/mol. The Morgan fingerprint density at radius 3 is 3.00 bits per heavy atom. The molecule has 0 bridgehead atoms. The average Bonchev–Trinajstić information content (AvgIpc) is 2.29. The summed E-state index contributed by atoms with van der Waals surface area (Å²) in [7, 11) is 0. The highest BCUT2D eigenvalue weighted by atomic mass is 16.6. The maximum atomic E-state index is 5.43. The Balaban J connectivity index is 2.16. The quantitative estimate of drug-likeness (QED) is 0.421. The number of hydrogen-bond donors (Lipinski definition) is 1. The molecule has 2 atom stereocenters. The largest absolute Gasteiger partial charge is 0.451 e. The van der Waals surface area contributed by atoms with E-state index in [9.17, 15) is 0 Å². The van der Waals surface area contributed by atoms with Crippen molar-refractivity contribution in [1.82, 2.24) is 5.01 Å². The smallest absolute Gasteiger partial charge is 0.225 e. The zero-order valence-corrected chi connectivity index (χ0v) is 4.53. The Labute approximate surface area is 46.9 Å². The molecule has 2 heterocycles. The molecule has 2 unspecified atom stereocenters. The molecule has 4 nitrogen and oxygen atoms in total. The Morgan fingerprint density at radius 2 is 2.62 bits per heavy atom. The van der Waals surface area contributed by atoms with Crippen molar-refractivity contribution in [3.05, 3.63) is 0 Å². The molecule has 2 rings (SSSR count). The van der Waals surface area contributed by atoms with Crippen molar-refractivity contribution >= 4 is 5.90 Å². The minimum absolute atomic E-state index is 0.0266. The maximum absolute atomic E-state index is 5.43. The average molecular weight is 113 g/mol. The van der Waals surface area contributed by atoms with Crippen LogP contribution in [0.15, 0.2) is 5.10 Å².